The molecule has 6 nitrogen and oxygen atoms in total. The average molecular weight is 260 g/mol. The molecule has 0 spiro atoms. The molecule has 0 aliphatic heterocycles. The summed E-state index contributed by atoms with van der Waals surface area (Å²) in [6, 6.07) is 6.41. The number of ketones is 1. The highest BCUT2D eigenvalue weighted by atomic mass is 16.6. The standard InChI is InChI=1S/C13H12N2O4/c1-19-8-10(16)7-9-5-6-14-13-11(9)3-2-4-12(13)15(17)18/h2-6H,7-8H2,1H3. The van der Waals surface area contributed by atoms with E-state index in [1.54, 1.807) is 18.2 Å². The molecule has 0 atom stereocenters. The molecule has 6 heteroatoms. The maximum absolute atomic E-state index is 11.6. The molecule has 0 saturated carbocycles. The Kier molecular flexibility index (Phi) is 3.82. The minimum Gasteiger partial charge on any atom is -0.377 e. The van der Waals surface area contributed by atoms with Crippen molar-refractivity contribution in [1.29, 1.82) is 0 Å². The molecule has 2 rings (SSSR count). The SMILES string of the molecule is COCC(=O)Cc1ccnc2c([N+](=O)[O-])cccc12. The van der Waals surface area contributed by atoms with Crippen molar-refractivity contribution < 1.29 is 14.5 Å². The summed E-state index contributed by atoms with van der Waals surface area (Å²) in [4.78, 5) is 26.1. The maximum Gasteiger partial charge on any atom is 0.295 e. The number of nitro groups is 1. The summed E-state index contributed by atoms with van der Waals surface area (Å²) < 4.78 is 4.78. The largest absolute Gasteiger partial charge is 0.377 e. The number of hydrogen-bond acceptors (Lipinski definition) is 5. The molecule has 0 aliphatic carbocycles. The Morgan fingerprint density at radius 2 is 2.21 bits per heavy atom. The number of carbonyl (C=O) groups is 1. The first kappa shape index (κ1) is 13.1. The van der Waals surface area contributed by atoms with Gasteiger partial charge in [-0.3, -0.25) is 14.9 Å². The summed E-state index contributed by atoms with van der Waals surface area (Å²) in [6.45, 7) is 0.0265. The van der Waals surface area contributed by atoms with Crippen LogP contribution in [0.15, 0.2) is 30.5 Å². The number of carbonyl (C=O) groups excluding carboxylic acids is 1. The monoisotopic (exact) mass is 260 g/mol. The van der Waals surface area contributed by atoms with Crippen molar-refractivity contribution in [3.63, 3.8) is 0 Å². The van der Waals surface area contributed by atoms with E-state index in [1.165, 1.54) is 19.4 Å². The fourth-order valence-electron chi connectivity index (χ4n) is 1.94. The second-order valence-electron chi connectivity index (χ2n) is 4.05. The van der Waals surface area contributed by atoms with Gasteiger partial charge in [-0.05, 0) is 11.6 Å². The molecule has 0 N–H and O–H groups in total. The summed E-state index contributed by atoms with van der Waals surface area (Å²) >= 11 is 0. The molecule has 0 aliphatic rings. The average Bonchev–Trinajstić information content (AvgIpc) is 2.38. The van der Waals surface area contributed by atoms with Crippen molar-refractivity contribution in [2.24, 2.45) is 0 Å². The summed E-state index contributed by atoms with van der Waals surface area (Å²) in [5.74, 6) is -0.0819. The van der Waals surface area contributed by atoms with Crippen LogP contribution in [0.3, 0.4) is 0 Å². The van der Waals surface area contributed by atoms with Crippen LogP contribution in [-0.4, -0.2) is 29.4 Å². The Bertz CT molecular complexity index is 640. The van der Waals surface area contributed by atoms with Crippen molar-refractivity contribution >= 4 is 22.4 Å². The fraction of sp³-hybridized carbons (Fsp3) is 0.231. The number of non-ortho nitro benzene ring substituents is 1. The fourth-order valence-corrected chi connectivity index (χ4v) is 1.94. The number of Topliss-reactive ketones (excluding diaryl/α,β-unsaturated/α-hetero) is 1. The molecule has 1 heterocycles. The molecule has 1 aromatic heterocycles. The zero-order chi connectivity index (χ0) is 13.8. The van der Waals surface area contributed by atoms with Gasteiger partial charge < -0.3 is 4.74 Å². The van der Waals surface area contributed by atoms with Crippen LogP contribution in [0.5, 0.6) is 0 Å². The van der Waals surface area contributed by atoms with Gasteiger partial charge in [-0.25, -0.2) is 4.98 Å². The van der Waals surface area contributed by atoms with Gasteiger partial charge >= 0.3 is 0 Å². The lowest BCUT2D eigenvalue weighted by atomic mass is 10.0. The molecule has 0 radical (unpaired) electrons. The molecule has 0 fully saturated rings. The highest BCUT2D eigenvalue weighted by molar-refractivity contribution is 5.93. The molecule has 0 unspecified atom stereocenters. The van der Waals surface area contributed by atoms with E-state index in [1.807, 2.05) is 0 Å². The summed E-state index contributed by atoms with van der Waals surface area (Å²) in [6.07, 6.45) is 1.65. The molecular weight excluding hydrogens is 248 g/mol. The van der Waals surface area contributed by atoms with Gasteiger partial charge in [0.1, 0.15) is 12.1 Å². The molecule has 98 valence electrons. The van der Waals surface area contributed by atoms with Crippen molar-refractivity contribution in [2.45, 2.75) is 6.42 Å². The molecule has 0 saturated heterocycles. The van der Waals surface area contributed by atoms with Gasteiger partial charge in [0.25, 0.3) is 5.69 Å². The van der Waals surface area contributed by atoms with Crippen molar-refractivity contribution in [2.75, 3.05) is 13.7 Å². The van der Waals surface area contributed by atoms with E-state index < -0.39 is 4.92 Å². The lowest BCUT2D eigenvalue weighted by Gasteiger charge is -2.05. The van der Waals surface area contributed by atoms with Crippen LogP contribution in [0.2, 0.25) is 0 Å². The Morgan fingerprint density at radius 3 is 2.89 bits per heavy atom. The predicted octanol–water partition coefficient (Wildman–Crippen LogP) is 1.90. The number of para-hydroxylation sites is 1. The number of pyridine rings is 1. The minimum absolute atomic E-state index is 0.0265. The van der Waals surface area contributed by atoms with Crippen LogP contribution in [0.25, 0.3) is 10.9 Å². The highest BCUT2D eigenvalue weighted by Gasteiger charge is 2.15. The Labute approximate surface area is 109 Å². The van der Waals surface area contributed by atoms with Crippen LogP contribution < -0.4 is 0 Å². The van der Waals surface area contributed by atoms with Gasteiger partial charge in [-0.2, -0.15) is 0 Å². The second kappa shape index (κ2) is 5.53. The van der Waals surface area contributed by atoms with Crippen LogP contribution in [0.4, 0.5) is 5.69 Å². The number of ether oxygens (including phenoxy) is 1. The molecule has 2 aromatic rings. The van der Waals surface area contributed by atoms with Gasteiger partial charge in [-0.1, -0.05) is 12.1 Å². The van der Waals surface area contributed by atoms with Crippen LogP contribution in [-0.2, 0) is 16.0 Å². The molecule has 1 aromatic carbocycles. The first-order valence-electron chi connectivity index (χ1n) is 5.65. The number of fused-ring (bicyclic) bond motifs is 1. The predicted molar refractivity (Wildman–Crippen MR) is 69.0 cm³/mol. The van der Waals surface area contributed by atoms with E-state index in [2.05, 4.69) is 4.98 Å². The third kappa shape index (κ3) is 2.74. The number of nitro benzene ring substituents is 1. The van der Waals surface area contributed by atoms with Crippen LogP contribution >= 0.6 is 0 Å². The highest BCUT2D eigenvalue weighted by Crippen LogP contribution is 2.25. The zero-order valence-corrected chi connectivity index (χ0v) is 10.3. The number of benzene rings is 1. The number of aromatic nitrogens is 1. The van der Waals surface area contributed by atoms with Crippen LogP contribution in [0.1, 0.15) is 5.56 Å². The maximum atomic E-state index is 11.6. The molecule has 19 heavy (non-hydrogen) atoms. The number of nitrogens with zero attached hydrogens (tertiary/aromatic N) is 2. The van der Waals surface area contributed by atoms with Crippen molar-refractivity contribution in [3.05, 3.63) is 46.1 Å². The Morgan fingerprint density at radius 1 is 1.42 bits per heavy atom. The smallest absolute Gasteiger partial charge is 0.295 e. The second-order valence-corrected chi connectivity index (χ2v) is 4.05. The van der Waals surface area contributed by atoms with Crippen molar-refractivity contribution in [3.8, 4) is 0 Å². The summed E-state index contributed by atoms with van der Waals surface area (Å²) in [7, 11) is 1.45. The van der Waals surface area contributed by atoms with Gasteiger partial charge in [0.2, 0.25) is 0 Å². The molecule has 0 bridgehead atoms. The van der Waals surface area contributed by atoms with Crippen LogP contribution in [0, 0.1) is 10.1 Å². The van der Waals surface area contributed by atoms with Gasteiger partial charge in [-0.15, -0.1) is 0 Å². The quantitative estimate of drug-likeness (QED) is 0.605. The minimum atomic E-state index is -0.476. The van der Waals surface area contributed by atoms with E-state index in [4.69, 9.17) is 4.74 Å². The summed E-state index contributed by atoms with van der Waals surface area (Å²) in [5.41, 5.74) is 0.963. The first-order chi connectivity index (χ1) is 9.13. The van der Waals surface area contributed by atoms with Gasteiger partial charge in [0.15, 0.2) is 5.78 Å². The van der Waals surface area contributed by atoms with E-state index in [-0.39, 0.29) is 24.5 Å². The normalized spacial score (nSPS) is 10.6. The number of hydrogen-bond donors (Lipinski definition) is 0. The van der Waals surface area contributed by atoms with E-state index >= 15 is 0 Å². The van der Waals surface area contributed by atoms with Gasteiger partial charge in [0, 0.05) is 31.2 Å². The Balaban J connectivity index is 2.49. The number of rotatable bonds is 5. The van der Waals surface area contributed by atoms with E-state index in [0.29, 0.717) is 10.9 Å². The van der Waals surface area contributed by atoms with Crippen molar-refractivity contribution in [1.82, 2.24) is 4.98 Å². The number of methoxy groups -OCH3 is 1. The zero-order valence-electron chi connectivity index (χ0n) is 10.3. The lowest BCUT2D eigenvalue weighted by Crippen LogP contribution is -2.10. The molecular formula is C13H12N2O4. The third-order valence-electron chi connectivity index (χ3n) is 2.73. The third-order valence-corrected chi connectivity index (χ3v) is 2.73. The van der Waals surface area contributed by atoms with E-state index in [0.717, 1.165) is 5.56 Å². The lowest BCUT2D eigenvalue weighted by molar-refractivity contribution is -0.383. The van der Waals surface area contributed by atoms with Gasteiger partial charge in [0.05, 0.1) is 4.92 Å². The topological polar surface area (TPSA) is 82.3 Å². The summed E-state index contributed by atoms with van der Waals surface area (Å²) in [5, 5.41) is 11.6. The first-order valence-corrected chi connectivity index (χ1v) is 5.65. The Hall–Kier alpha value is -2.34. The van der Waals surface area contributed by atoms with E-state index in [9.17, 15) is 14.9 Å². The molecule has 0 amide bonds.